The van der Waals surface area contributed by atoms with Gasteiger partial charge in [-0.05, 0) is 36.4 Å². The fourth-order valence-corrected chi connectivity index (χ4v) is 2.86. The molecule has 0 saturated heterocycles. The van der Waals surface area contributed by atoms with Crippen LogP contribution in [0.25, 0.3) is 0 Å². The highest BCUT2D eigenvalue weighted by atomic mass is 16.1. The quantitative estimate of drug-likeness (QED) is 0.612. The van der Waals surface area contributed by atoms with Gasteiger partial charge in [0.15, 0.2) is 0 Å². The number of hydrogen-bond acceptors (Lipinski definition) is 5. The number of aromatic nitrogens is 2. The number of anilines is 1. The van der Waals surface area contributed by atoms with Crippen LogP contribution in [0.3, 0.4) is 0 Å². The molecular formula is C21H23N5O. The lowest BCUT2D eigenvalue weighted by Crippen LogP contribution is -2.29. The summed E-state index contributed by atoms with van der Waals surface area (Å²) < 4.78 is 0. The van der Waals surface area contributed by atoms with Gasteiger partial charge in [0.25, 0.3) is 5.91 Å². The average Bonchev–Trinajstić information content (AvgIpc) is 2.70. The number of rotatable bonds is 9. The minimum absolute atomic E-state index is 0.433. The molecule has 0 spiro atoms. The molecule has 0 aliphatic carbocycles. The Kier molecular flexibility index (Phi) is 6.49. The van der Waals surface area contributed by atoms with E-state index in [1.807, 2.05) is 48.5 Å². The molecule has 3 aromatic rings. The normalized spacial score (nSPS) is 10.7. The third-order valence-electron chi connectivity index (χ3n) is 4.16. The molecule has 0 aliphatic heterocycles. The van der Waals surface area contributed by atoms with Crippen molar-refractivity contribution in [2.75, 3.05) is 18.4 Å². The minimum Gasteiger partial charge on any atom is -0.383 e. The molecule has 0 saturated carbocycles. The highest BCUT2D eigenvalue weighted by molar-refractivity contribution is 5.98. The van der Waals surface area contributed by atoms with Crippen LogP contribution in [0.15, 0.2) is 73.1 Å². The first-order valence-corrected chi connectivity index (χ1v) is 8.87. The van der Waals surface area contributed by atoms with E-state index in [0.717, 1.165) is 36.7 Å². The molecule has 0 unspecified atom stereocenters. The van der Waals surface area contributed by atoms with E-state index in [-0.39, 0.29) is 0 Å². The smallest absolute Gasteiger partial charge is 0.250 e. The van der Waals surface area contributed by atoms with Gasteiger partial charge in [0, 0.05) is 44.3 Å². The van der Waals surface area contributed by atoms with Crippen LogP contribution in [0.1, 0.15) is 21.7 Å². The van der Waals surface area contributed by atoms with E-state index in [2.05, 4.69) is 20.2 Å². The van der Waals surface area contributed by atoms with Crippen molar-refractivity contribution in [2.24, 2.45) is 5.73 Å². The average molecular weight is 361 g/mol. The molecule has 138 valence electrons. The van der Waals surface area contributed by atoms with Crippen molar-refractivity contribution in [3.05, 3.63) is 90.0 Å². The molecule has 0 aliphatic rings. The summed E-state index contributed by atoms with van der Waals surface area (Å²) in [6, 6.07) is 19.1. The number of hydrogen-bond donors (Lipinski definition) is 2. The lowest BCUT2D eigenvalue weighted by molar-refractivity contribution is 0.100. The Bertz CT molecular complexity index is 813. The van der Waals surface area contributed by atoms with Gasteiger partial charge in [-0.3, -0.25) is 19.7 Å². The van der Waals surface area contributed by atoms with E-state index in [9.17, 15) is 4.79 Å². The van der Waals surface area contributed by atoms with Gasteiger partial charge >= 0.3 is 0 Å². The monoisotopic (exact) mass is 361 g/mol. The van der Waals surface area contributed by atoms with E-state index in [1.54, 1.807) is 24.5 Å². The Labute approximate surface area is 159 Å². The maximum absolute atomic E-state index is 11.6. The summed E-state index contributed by atoms with van der Waals surface area (Å²) in [5, 5.41) is 3.31. The molecule has 0 fully saturated rings. The summed E-state index contributed by atoms with van der Waals surface area (Å²) in [5.74, 6) is -0.433. The summed E-state index contributed by atoms with van der Waals surface area (Å²) in [5.41, 5.74) is 8.70. The second kappa shape index (κ2) is 9.45. The summed E-state index contributed by atoms with van der Waals surface area (Å²) in [7, 11) is 0. The van der Waals surface area contributed by atoms with Gasteiger partial charge in [-0.15, -0.1) is 0 Å². The SMILES string of the molecule is NC(=O)c1ccccc1NCCN(Cc1ccccn1)Cc1ccccn1. The fourth-order valence-electron chi connectivity index (χ4n) is 2.86. The zero-order valence-corrected chi connectivity index (χ0v) is 15.1. The molecule has 6 heteroatoms. The standard InChI is InChI=1S/C21H23N5O/c22-21(27)19-9-1-2-10-20(19)25-13-14-26(15-17-7-3-5-11-23-17)16-18-8-4-6-12-24-18/h1-12,25H,13-16H2,(H2,22,27). The topological polar surface area (TPSA) is 84.1 Å². The largest absolute Gasteiger partial charge is 0.383 e. The summed E-state index contributed by atoms with van der Waals surface area (Å²) >= 11 is 0. The number of nitrogens with zero attached hydrogens (tertiary/aromatic N) is 3. The summed E-state index contributed by atoms with van der Waals surface area (Å²) in [6.07, 6.45) is 3.60. The Morgan fingerprint density at radius 2 is 1.48 bits per heavy atom. The molecule has 6 nitrogen and oxygen atoms in total. The molecule has 2 aromatic heterocycles. The molecule has 3 N–H and O–H groups in total. The molecule has 2 heterocycles. The van der Waals surface area contributed by atoms with Crippen molar-refractivity contribution in [3.63, 3.8) is 0 Å². The van der Waals surface area contributed by atoms with Gasteiger partial charge in [-0.1, -0.05) is 24.3 Å². The van der Waals surface area contributed by atoms with E-state index in [1.165, 1.54) is 0 Å². The summed E-state index contributed by atoms with van der Waals surface area (Å²) in [4.78, 5) is 22.7. The second-order valence-corrected chi connectivity index (χ2v) is 6.19. The van der Waals surface area contributed by atoms with Crippen LogP contribution in [0, 0.1) is 0 Å². The number of amides is 1. The number of para-hydroxylation sites is 1. The third kappa shape index (κ3) is 5.62. The van der Waals surface area contributed by atoms with Crippen molar-refractivity contribution in [1.29, 1.82) is 0 Å². The number of benzene rings is 1. The van der Waals surface area contributed by atoms with Crippen LogP contribution in [-0.4, -0.2) is 33.9 Å². The highest BCUT2D eigenvalue weighted by Crippen LogP contribution is 2.14. The van der Waals surface area contributed by atoms with Crippen molar-refractivity contribution < 1.29 is 4.79 Å². The van der Waals surface area contributed by atoms with Crippen molar-refractivity contribution >= 4 is 11.6 Å². The van der Waals surface area contributed by atoms with Gasteiger partial charge in [0.2, 0.25) is 0 Å². The van der Waals surface area contributed by atoms with Crippen molar-refractivity contribution in [2.45, 2.75) is 13.1 Å². The predicted molar refractivity (Wildman–Crippen MR) is 106 cm³/mol. The Balaban J connectivity index is 1.65. The Hall–Kier alpha value is -3.25. The zero-order chi connectivity index (χ0) is 18.9. The first-order chi connectivity index (χ1) is 13.2. The molecule has 27 heavy (non-hydrogen) atoms. The van der Waals surface area contributed by atoms with Crippen LogP contribution in [-0.2, 0) is 13.1 Å². The molecule has 1 aromatic carbocycles. The Morgan fingerprint density at radius 1 is 0.889 bits per heavy atom. The second-order valence-electron chi connectivity index (χ2n) is 6.19. The number of pyridine rings is 2. The zero-order valence-electron chi connectivity index (χ0n) is 15.1. The van der Waals surface area contributed by atoms with Crippen molar-refractivity contribution in [1.82, 2.24) is 14.9 Å². The predicted octanol–water partition coefficient (Wildman–Crippen LogP) is 2.69. The van der Waals surface area contributed by atoms with E-state index >= 15 is 0 Å². The number of carbonyl (C=O) groups excluding carboxylic acids is 1. The fraction of sp³-hybridized carbons (Fsp3) is 0.190. The van der Waals surface area contributed by atoms with Gasteiger partial charge in [-0.25, -0.2) is 0 Å². The molecule has 3 rings (SSSR count). The lowest BCUT2D eigenvalue weighted by atomic mass is 10.1. The van der Waals surface area contributed by atoms with Gasteiger partial charge in [0.05, 0.1) is 17.0 Å². The van der Waals surface area contributed by atoms with Crippen LogP contribution in [0.2, 0.25) is 0 Å². The maximum Gasteiger partial charge on any atom is 0.250 e. The van der Waals surface area contributed by atoms with E-state index < -0.39 is 5.91 Å². The minimum atomic E-state index is -0.433. The third-order valence-corrected chi connectivity index (χ3v) is 4.16. The highest BCUT2D eigenvalue weighted by Gasteiger charge is 2.10. The molecule has 0 radical (unpaired) electrons. The molecular weight excluding hydrogens is 338 g/mol. The number of primary amides is 1. The number of nitrogens with two attached hydrogens (primary N) is 1. The first-order valence-electron chi connectivity index (χ1n) is 8.87. The lowest BCUT2D eigenvalue weighted by Gasteiger charge is -2.22. The molecule has 0 bridgehead atoms. The van der Waals surface area contributed by atoms with Crippen molar-refractivity contribution in [3.8, 4) is 0 Å². The van der Waals surface area contributed by atoms with Crippen LogP contribution in [0.5, 0.6) is 0 Å². The van der Waals surface area contributed by atoms with E-state index in [0.29, 0.717) is 12.1 Å². The Morgan fingerprint density at radius 3 is 2.04 bits per heavy atom. The van der Waals surface area contributed by atoms with Crippen LogP contribution >= 0.6 is 0 Å². The molecule has 0 atom stereocenters. The first kappa shape index (κ1) is 18.5. The molecule has 1 amide bonds. The maximum atomic E-state index is 11.6. The van der Waals surface area contributed by atoms with Gasteiger partial charge in [-0.2, -0.15) is 0 Å². The van der Waals surface area contributed by atoms with Crippen LogP contribution < -0.4 is 11.1 Å². The van der Waals surface area contributed by atoms with E-state index in [4.69, 9.17) is 5.73 Å². The summed E-state index contributed by atoms with van der Waals surface area (Å²) in [6.45, 7) is 2.87. The van der Waals surface area contributed by atoms with Gasteiger partial charge < -0.3 is 11.1 Å². The number of carbonyl (C=O) groups is 1. The van der Waals surface area contributed by atoms with Crippen LogP contribution in [0.4, 0.5) is 5.69 Å². The number of nitrogens with one attached hydrogen (secondary N) is 1. The van der Waals surface area contributed by atoms with Gasteiger partial charge in [0.1, 0.15) is 0 Å².